The fraction of sp³-hybridized carbons (Fsp3) is 0.714. The summed E-state index contributed by atoms with van der Waals surface area (Å²) in [6.07, 6.45) is 6.87. The minimum absolute atomic E-state index is 0.415. The highest BCUT2D eigenvalue weighted by molar-refractivity contribution is 7.10. The lowest BCUT2D eigenvalue weighted by atomic mass is 9.93. The van der Waals surface area contributed by atoms with Gasteiger partial charge in [0.1, 0.15) is 0 Å². The largest absolute Gasteiger partial charge is 0.329 e. The van der Waals surface area contributed by atoms with E-state index in [1.807, 2.05) is 11.3 Å². The van der Waals surface area contributed by atoms with E-state index in [2.05, 4.69) is 30.3 Å². The van der Waals surface area contributed by atoms with Crippen LogP contribution in [0.2, 0.25) is 0 Å². The van der Waals surface area contributed by atoms with E-state index >= 15 is 0 Å². The lowest BCUT2D eigenvalue weighted by Crippen LogP contribution is -2.39. The molecule has 3 heteroatoms. The zero-order chi connectivity index (χ0) is 12.3. The molecule has 0 saturated heterocycles. The third-order valence-corrected chi connectivity index (χ3v) is 5.19. The van der Waals surface area contributed by atoms with Crippen LogP contribution in [-0.4, -0.2) is 24.5 Å². The summed E-state index contributed by atoms with van der Waals surface area (Å²) in [6, 6.07) is 3.36. The second kappa shape index (κ2) is 5.98. The first kappa shape index (κ1) is 13.1. The van der Waals surface area contributed by atoms with Gasteiger partial charge >= 0.3 is 0 Å². The zero-order valence-corrected chi connectivity index (χ0v) is 11.8. The molecule has 0 spiro atoms. The van der Waals surface area contributed by atoms with Crippen molar-refractivity contribution in [2.24, 2.45) is 5.73 Å². The minimum atomic E-state index is 0.415. The molecule has 1 aromatic heterocycles. The molecule has 2 rings (SSSR count). The van der Waals surface area contributed by atoms with Crippen LogP contribution in [0.1, 0.15) is 48.6 Å². The van der Waals surface area contributed by atoms with Crippen molar-refractivity contribution in [1.29, 1.82) is 0 Å². The standard InChI is InChI=1S/C14H24N2S/c1-11-8-9-17-14(11)13(10-15)16(2)12-6-4-3-5-7-12/h8-9,12-13H,3-7,10,15H2,1-2H3. The lowest BCUT2D eigenvalue weighted by Gasteiger charge is -2.36. The SMILES string of the molecule is Cc1ccsc1C(CN)N(C)C1CCCCC1. The summed E-state index contributed by atoms with van der Waals surface area (Å²) in [7, 11) is 2.26. The number of hydrogen-bond donors (Lipinski definition) is 1. The highest BCUT2D eigenvalue weighted by atomic mass is 32.1. The molecule has 1 fully saturated rings. The molecule has 96 valence electrons. The Morgan fingerprint density at radius 3 is 2.65 bits per heavy atom. The Balaban J connectivity index is 2.09. The summed E-state index contributed by atoms with van der Waals surface area (Å²) >= 11 is 1.85. The van der Waals surface area contributed by atoms with Crippen LogP contribution >= 0.6 is 11.3 Å². The maximum atomic E-state index is 6.01. The van der Waals surface area contributed by atoms with E-state index in [4.69, 9.17) is 5.73 Å². The Morgan fingerprint density at radius 2 is 2.12 bits per heavy atom. The van der Waals surface area contributed by atoms with Gasteiger partial charge in [0.25, 0.3) is 0 Å². The Hall–Kier alpha value is -0.380. The minimum Gasteiger partial charge on any atom is -0.329 e. The molecule has 0 radical (unpaired) electrons. The smallest absolute Gasteiger partial charge is 0.0566 e. The van der Waals surface area contributed by atoms with Crippen LogP contribution in [0.25, 0.3) is 0 Å². The summed E-state index contributed by atoms with van der Waals surface area (Å²) in [4.78, 5) is 3.98. The second-order valence-corrected chi connectivity index (χ2v) is 6.12. The molecule has 17 heavy (non-hydrogen) atoms. The molecule has 2 nitrogen and oxygen atoms in total. The third kappa shape index (κ3) is 2.90. The van der Waals surface area contributed by atoms with Crippen molar-refractivity contribution in [2.45, 2.75) is 51.1 Å². The van der Waals surface area contributed by atoms with Gasteiger partial charge in [-0.15, -0.1) is 11.3 Å². The van der Waals surface area contributed by atoms with Crippen molar-refractivity contribution in [2.75, 3.05) is 13.6 Å². The van der Waals surface area contributed by atoms with Gasteiger partial charge in [-0.05, 0) is 43.8 Å². The van der Waals surface area contributed by atoms with Crippen LogP contribution in [0.4, 0.5) is 0 Å². The Labute approximate surface area is 109 Å². The van der Waals surface area contributed by atoms with E-state index in [-0.39, 0.29) is 0 Å². The first-order valence-electron chi connectivity index (χ1n) is 6.70. The van der Waals surface area contributed by atoms with Crippen molar-refractivity contribution < 1.29 is 0 Å². The molecule has 1 saturated carbocycles. The number of aryl methyl sites for hydroxylation is 1. The molecule has 0 aliphatic heterocycles. The summed E-state index contributed by atoms with van der Waals surface area (Å²) in [5, 5.41) is 2.18. The molecule has 1 aliphatic rings. The van der Waals surface area contributed by atoms with Crippen molar-refractivity contribution >= 4 is 11.3 Å². The van der Waals surface area contributed by atoms with E-state index in [9.17, 15) is 0 Å². The maximum absolute atomic E-state index is 6.01. The van der Waals surface area contributed by atoms with Crippen molar-refractivity contribution in [1.82, 2.24) is 4.90 Å². The van der Waals surface area contributed by atoms with Crippen LogP contribution in [0.15, 0.2) is 11.4 Å². The molecule has 1 aromatic rings. The summed E-state index contributed by atoms with van der Waals surface area (Å²) in [5.74, 6) is 0. The molecular formula is C14H24N2S. The van der Waals surface area contributed by atoms with E-state index < -0.39 is 0 Å². The maximum Gasteiger partial charge on any atom is 0.0566 e. The van der Waals surface area contributed by atoms with Crippen LogP contribution in [0.5, 0.6) is 0 Å². The van der Waals surface area contributed by atoms with Gasteiger partial charge in [0.2, 0.25) is 0 Å². The molecule has 1 atom stereocenters. The highest BCUT2D eigenvalue weighted by Gasteiger charge is 2.26. The van der Waals surface area contributed by atoms with Gasteiger partial charge in [-0.1, -0.05) is 19.3 Å². The average molecular weight is 252 g/mol. The fourth-order valence-corrected chi connectivity index (χ4v) is 4.02. The van der Waals surface area contributed by atoms with Crippen molar-refractivity contribution in [3.05, 3.63) is 21.9 Å². The van der Waals surface area contributed by atoms with Crippen LogP contribution in [0.3, 0.4) is 0 Å². The molecule has 1 aliphatic carbocycles. The van der Waals surface area contributed by atoms with Gasteiger partial charge in [0.05, 0.1) is 6.04 Å². The van der Waals surface area contributed by atoms with Gasteiger partial charge < -0.3 is 5.73 Å². The number of nitrogens with zero attached hydrogens (tertiary/aromatic N) is 1. The van der Waals surface area contributed by atoms with Gasteiger partial charge in [0, 0.05) is 17.5 Å². The fourth-order valence-electron chi connectivity index (χ4n) is 2.93. The van der Waals surface area contributed by atoms with Crippen LogP contribution in [0, 0.1) is 6.92 Å². The average Bonchev–Trinajstić information content (AvgIpc) is 2.78. The number of thiophene rings is 1. The molecule has 0 bridgehead atoms. The molecule has 1 heterocycles. The summed E-state index contributed by atoms with van der Waals surface area (Å²) in [5.41, 5.74) is 7.40. The first-order chi connectivity index (χ1) is 8.24. The number of nitrogens with two attached hydrogens (primary N) is 1. The monoisotopic (exact) mass is 252 g/mol. The van der Waals surface area contributed by atoms with E-state index in [0.717, 1.165) is 12.6 Å². The number of hydrogen-bond acceptors (Lipinski definition) is 3. The Bertz CT molecular complexity index is 342. The highest BCUT2D eigenvalue weighted by Crippen LogP contribution is 2.32. The number of rotatable bonds is 4. The quantitative estimate of drug-likeness (QED) is 0.890. The summed E-state index contributed by atoms with van der Waals surface area (Å²) < 4.78 is 0. The predicted molar refractivity (Wildman–Crippen MR) is 75.5 cm³/mol. The van der Waals surface area contributed by atoms with E-state index in [1.54, 1.807) is 0 Å². The van der Waals surface area contributed by atoms with Crippen LogP contribution in [-0.2, 0) is 0 Å². The second-order valence-electron chi connectivity index (χ2n) is 5.18. The van der Waals surface area contributed by atoms with E-state index in [0.29, 0.717) is 6.04 Å². The van der Waals surface area contributed by atoms with Gasteiger partial charge in [0.15, 0.2) is 0 Å². The Morgan fingerprint density at radius 1 is 1.41 bits per heavy atom. The molecule has 1 unspecified atom stereocenters. The Kier molecular flexibility index (Phi) is 4.60. The first-order valence-corrected chi connectivity index (χ1v) is 7.58. The van der Waals surface area contributed by atoms with Gasteiger partial charge in [-0.2, -0.15) is 0 Å². The normalized spacial score (nSPS) is 19.8. The molecule has 0 aromatic carbocycles. The van der Waals surface area contributed by atoms with Crippen molar-refractivity contribution in [3.8, 4) is 0 Å². The van der Waals surface area contributed by atoms with Gasteiger partial charge in [-0.3, -0.25) is 4.90 Å². The molecule has 2 N–H and O–H groups in total. The zero-order valence-electron chi connectivity index (χ0n) is 11.0. The van der Waals surface area contributed by atoms with E-state index in [1.165, 1.54) is 42.5 Å². The van der Waals surface area contributed by atoms with Crippen molar-refractivity contribution in [3.63, 3.8) is 0 Å². The predicted octanol–water partition coefficient (Wildman–Crippen LogP) is 3.32. The molecule has 0 amide bonds. The summed E-state index contributed by atoms with van der Waals surface area (Å²) in [6.45, 7) is 2.93. The van der Waals surface area contributed by atoms with Gasteiger partial charge in [-0.25, -0.2) is 0 Å². The number of likely N-dealkylation sites (N-methyl/N-ethyl adjacent to an activating group) is 1. The third-order valence-electron chi connectivity index (χ3n) is 4.07. The molecular weight excluding hydrogens is 228 g/mol. The topological polar surface area (TPSA) is 29.3 Å². The lowest BCUT2D eigenvalue weighted by molar-refractivity contribution is 0.142. The van der Waals surface area contributed by atoms with Crippen LogP contribution < -0.4 is 5.73 Å².